The molecule has 0 aliphatic carbocycles. The average molecular weight is 280 g/mol. The van der Waals surface area contributed by atoms with Crippen molar-refractivity contribution in [2.75, 3.05) is 0 Å². The van der Waals surface area contributed by atoms with Gasteiger partial charge in [0.05, 0.1) is 5.69 Å². The molecule has 0 spiro atoms. The van der Waals surface area contributed by atoms with E-state index in [2.05, 4.69) is 40.3 Å². The van der Waals surface area contributed by atoms with Crippen LogP contribution in [-0.4, -0.2) is 14.4 Å². The van der Waals surface area contributed by atoms with Gasteiger partial charge in [0.25, 0.3) is 0 Å². The van der Waals surface area contributed by atoms with E-state index in [9.17, 15) is 0 Å². The molecule has 4 heteroatoms. The molecule has 0 aliphatic heterocycles. The lowest BCUT2D eigenvalue weighted by molar-refractivity contribution is 1.13. The Morgan fingerprint density at radius 1 is 1.00 bits per heavy atom. The van der Waals surface area contributed by atoms with Crippen LogP contribution in [0.1, 0.15) is 0 Å². The van der Waals surface area contributed by atoms with Crippen molar-refractivity contribution in [2.24, 2.45) is 0 Å². The molecule has 0 radical (unpaired) electrons. The summed E-state index contributed by atoms with van der Waals surface area (Å²) in [4.78, 5) is 8.60. The number of hydrogen-bond acceptors (Lipinski definition) is 2. The van der Waals surface area contributed by atoms with Crippen LogP contribution in [-0.2, 0) is 0 Å². The molecule has 4 rings (SSSR count). The van der Waals surface area contributed by atoms with Gasteiger partial charge < -0.3 is 4.40 Å². The van der Waals surface area contributed by atoms with Crippen LogP contribution >= 0.6 is 11.6 Å². The van der Waals surface area contributed by atoms with Crippen LogP contribution in [0.3, 0.4) is 0 Å². The number of nitrogens with zero attached hydrogens (tertiary/aromatic N) is 3. The Morgan fingerprint density at radius 2 is 1.85 bits per heavy atom. The molecule has 0 bridgehead atoms. The lowest BCUT2D eigenvalue weighted by atomic mass is 10.1. The molecule has 96 valence electrons. The summed E-state index contributed by atoms with van der Waals surface area (Å²) in [5.41, 5.74) is 2.64. The first kappa shape index (κ1) is 11.4. The van der Waals surface area contributed by atoms with Crippen LogP contribution < -0.4 is 0 Å². The first-order valence-corrected chi connectivity index (χ1v) is 6.67. The number of hydrogen-bond donors (Lipinski definition) is 0. The largest absolute Gasteiger partial charge is 0.302 e. The average Bonchev–Trinajstić information content (AvgIpc) is 2.92. The van der Waals surface area contributed by atoms with Gasteiger partial charge in [-0.05, 0) is 16.8 Å². The minimum absolute atomic E-state index is 0.416. The number of aromatic nitrogens is 3. The predicted molar refractivity (Wildman–Crippen MR) is 80.9 cm³/mol. The van der Waals surface area contributed by atoms with E-state index in [1.165, 1.54) is 10.8 Å². The molecule has 0 atom stereocenters. The van der Waals surface area contributed by atoms with Crippen LogP contribution in [0.2, 0.25) is 5.15 Å². The van der Waals surface area contributed by atoms with E-state index in [4.69, 9.17) is 11.6 Å². The topological polar surface area (TPSA) is 30.2 Å². The van der Waals surface area contributed by atoms with E-state index in [1.54, 1.807) is 6.20 Å². The lowest BCUT2D eigenvalue weighted by Gasteiger charge is -2.00. The maximum absolute atomic E-state index is 6.06. The maximum atomic E-state index is 6.06. The molecule has 0 aliphatic rings. The summed E-state index contributed by atoms with van der Waals surface area (Å²) in [5, 5.41) is 2.84. The Bertz CT molecular complexity index is 927. The molecule has 0 saturated heterocycles. The van der Waals surface area contributed by atoms with Crippen molar-refractivity contribution >= 4 is 28.0 Å². The van der Waals surface area contributed by atoms with Gasteiger partial charge in [0.1, 0.15) is 0 Å². The summed E-state index contributed by atoms with van der Waals surface area (Å²) < 4.78 is 1.89. The van der Waals surface area contributed by atoms with Gasteiger partial charge in [0.2, 0.25) is 0 Å². The predicted octanol–water partition coefficient (Wildman–Crippen LogP) is 4.20. The van der Waals surface area contributed by atoms with Crippen molar-refractivity contribution in [3.63, 3.8) is 0 Å². The Labute approximate surface area is 120 Å². The molecule has 20 heavy (non-hydrogen) atoms. The Hall–Kier alpha value is -2.39. The highest BCUT2D eigenvalue weighted by Gasteiger charge is 2.08. The highest BCUT2D eigenvalue weighted by molar-refractivity contribution is 6.32. The van der Waals surface area contributed by atoms with Gasteiger partial charge in [-0.2, -0.15) is 0 Å². The molecule has 0 unspecified atom stereocenters. The Morgan fingerprint density at radius 3 is 2.70 bits per heavy atom. The van der Waals surface area contributed by atoms with Crippen molar-refractivity contribution in [1.82, 2.24) is 14.4 Å². The van der Waals surface area contributed by atoms with Crippen molar-refractivity contribution < 1.29 is 0 Å². The monoisotopic (exact) mass is 279 g/mol. The molecule has 0 saturated carbocycles. The van der Waals surface area contributed by atoms with E-state index in [0.717, 1.165) is 11.3 Å². The summed E-state index contributed by atoms with van der Waals surface area (Å²) in [6, 6.07) is 14.6. The minimum atomic E-state index is 0.416. The Balaban J connectivity index is 1.94. The molecule has 3 nitrogen and oxygen atoms in total. The molecule has 2 heterocycles. The van der Waals surface area contributed by atoms with Gasteiger partial charge in [0, 0.05) is 24.2 Å². The van der Waals surface area contributed by atoms with Gasteiger partial charge in [-0.25, -0.2) is 9.97 Å². The third-order valence-electron chi connectivity index (χ3n) is 3.38. The zero-order valence-corrected chi connectivity index (χ0v) is 11.2. The molecule has 2 aromatic heterocycles. The molecule has 2 aromatic carbocycles. The second-order valence-electron chi connectivity index (χ2n) is 4.64. The highest BCUT2D eigenvalue weighted by atomic mass is 35.5. The number of benzene rings is 2. The van der Waals surface area contributed by atoms with Gasteiger partial charge >= 0.3 is 0 Å². The fraction of sp³-hybridized carbons (Fsp3) is 0. The fourth-order valence-corrected chi connectivity index (χ4v) is 2.57. The third kappa shape index (κ3) is 1.75. The van der Waals surface area contributed by atoms with Crippen LogP contribution in [0.5, 0.6) is 0 Å². The smallest absolute Gasteiger partial charge is 0.175 e. The van der Waals surface area contributed by atoms with E-state index in [-0.39, 0.29) is 0 Å². The van der Waals surface area contributed by atoms with Gasteiger partial charge in [0.15, 0.2) is 10.8 Å². The SMILES string of the molecule is Clc1nccn2cc(-c3ccc4ccccc4c3)nc12. The first-order valence-electron chi connectivity index (χ1n) is 6.30. The van der Waals surface area contributed by atoms with Crippen molar-refractivity contribution in [2.45, 2.75) is 0 Å². The zero-order valence-electron chi connectivity index (χ0n) is 10.5. The molecule has 0 fully saturated rings. The van der Waals surface area contributed by atoms with Gasteiger partial charge in [-0.1, -0.05) is 48.0 Å². The number of rotatable bonds is 1. The third-order valence-corrected chi connectivity index (χ3v) is 3.64. The van der Waals surface area contributed by atoms with Crippen molar-refractivity contribution in [1.29, 1.82) is 0 Å². The highest BCUT2D eigenvalue weighted by Crippen LogP contribution is 2.25. The standard InChI is InChI=1S/C16H10ClN3/c17-15-16-19-14(10-20(16)8-7-18-15)13-6-5-11-3-1-2-4-12(11)9-13/h1-10H. The van der Waals surface area contributed by atoms with Crippen LogP contribution in [0.4, 0.5) is 0 Å². The van der Waals surface area contributed by atoms with E-state index >= 15 is 0 Å². The lowest BCUT2D eigenvalue weighted by Crippen LogP contribution is -1.84. The molecular weight excluding hydrogens is 270 g/mol. The normalized spacial score (nSPS) is 11.2. The first-order chi connectivity index (χ1) is 9.81. The quantitative estimate of drug-likeness (QED) is 0.523. The summed E-state index contributed by atoms with van der Waals surface area (Å²) in [5.74, 6) is 0. The summed E-state index contributed by atoms with van der Waals surface area (Å²) in [6.45, 7) is 0. The van der Waals surface area contributed by atoms with E-state index in [0.29, 0.717) is 10.8 Å². The summed E-state index contributed by atoms with van der Waals surface area (Å²) >= 11 is 6.06. The molecule has 0 N–H and O–H groups in total. The number of fused-ring (bicyclic) bond motifs is 2. The maximum Gasteiger partial charge on any atom is 0.175 e. The van der Waals surface area contributed by atoms with Gasteiger partial charge in [-0.3, -0.25) is 0 Å². The van der Waals surface area contributed by atoms with Crippen molar-refractivity contribution in [3.8, 4) is 11.3 Å². The second kappa shape index (κ2) is 4.32. The van der Waals surface area contributed by atoms with Crippen LogP contribution in [0.25, 0.3) is 27.7 Å². The van der Waals surface area contributed by atoms with Crippen molar-refractivity contribution in [3.05, 3.63) is 66.2 Å². The number of imidazole rings is 1. The zero-order chi connectivity index (χ0) is 13.5. The van der Waals surface area contributed by atoms with Crippen LogP contribution in [0.15, 0.2) is 61.1 Å². The van der Waals surface area contributed by atoms with E-state index in [1.807, 2.05) is 28.9 Å². The summed E-state index contributed by atoms with van der Waals surface area (Å²) in [7, 11) is 0. The molecule has 4 aromatic rings. The summed E-state index contributed by atoms with van der Waals surface area (Å²) in [6.07, 6.45) is 5.48. The second-order valence-corrected chi connectivity index (χ2v) is 5.00. The van der Waals surface area contributed by atoms with Gasteiger partial charge in [-0.15, -0.1) is 0 Å². The van der Waals surface area contributed by atoms with Crippen LogP contribution in [0, 0.1) is 0 Å². The fourth-order valence-electron chi connectivity index (χ4n) is 2.38. The van der Waals surface area contributed by atoms with E-state index < -0.39 is 0 Å². The Kier molecular flexibility index (Phi) is 2.47. The minimum Gasteiger partial charge on any atom is -0.302 e. The molecular formula is C16H10ClN3. The molecule has 0 amide bonds. The number of halogens is 1.